The number of unbranched alkanes of at least 4 members (excludes halogenated alkanes) is 1. The molecular formula is C12H21N3O. The van der Waals surface area contributed by atoms with Crippen LogP contribution in [0.5, 0.6) is 0 Å². The van der Waals surface area contributed by atoms with Crippen LogP contribution in [0.1, 0.15) is 26.7 Å². The van der Waals surface area contributed by atoms with Crippen molar-refractivity contribution in [3.8, 4) is 0 Å². The SMILES string of the molecule is CC(C)OCCCCNc1ccc(N)nc1. The van der Waals surface area contributed by atoms with E-state index >= 15 is 0 Å². The largest absolute Gasteiger partial charge is 0.384 e. The van der Waals surface area contributed by atoms with Gasteiger partial charge in [-0.25, -0.2) is 4.98 Å². The molecule has 0 spiro atoms. The number of anilines is 2. The molecule has 0 aromatic carbocycles. The number of pyridine rings is 1. The molecule has 0 saturated heterocycles. The first-order valence-electron chi connectivity index (χ1n) is 5.75. The highest BCUT2D eigenvalue weighted by Gasteiger charge is 1.94. The standard InChI is InChI=1S/C12H21N3O/c1-10(2)16-8-4-3-7-14-11-5-6-12(13)15-9-11/h5-6,9-10,14H,3-4,7-8H2,1-2H3,(H2,13,15). The molecule has 4 heteroatoms. The fourth-order valence-electron chi connectivity index (χ4n) is 1.29. The van der Waals surface area contributed by atoms with Gasteiger partial charge in [0.25, 0.3) is 0 Å². The van der Waals surface area contributed by atoms with E-state index in [9.17, 15) is 0 Å². The van der Waals surface area contributed by atoms with Crippen LogP contribution in [-0.4, -0.2) is 24.2 Å². The highest BCUT2D eigenvalue weighted by molar-refractivity contribution is 5.45. The summed E-state index contributed by atoms with van der Waals surface area (Å²) in [6, 6.07) is 3.73. The minimum Gasteiger partial charge on any atom is -0.384 e. The second-order valence-electron chi connectivity index (χ2n) is 4.03. The molecule has 0 atom stereocenters. The van der Waals surface area contributed by atoms with Gasteiger partial charge in [0.1, 0.15) is 5.82 Å². The van der Waals surface area contributed by atoms with Crippen LogP contribution in [0.2, 0.25) is 0 Å². The van der Waals surface area contributed by atoms with E-state index in [1.807, 2.05) is 6.07 Å². The summed E-state index contributed by atoms with van der Waals surface area (Å²) in [5.41, 5.74) is 6.51. The number of nitrogens with one attached hydrogen (secondary N) is 1. The lowest BCUT2D eigenvalue weighted by Gasteiger charge is -2.08. The molecule has 1 heterocycles. The predicted octanol–water partition coefficient (Wildman–Crippen LogP) is 2.28. The number of rotatable bonds is 7. The number of nitrogens with zero attached hydrogens (tertiary/aromatic N) is 1. The molecule has 0 aliphatic carbocycles. The highest BCUT2D eigenvalue weighted by Crippen LogP contribution is 2.07. The summed E-state index contributed by atoms with van der Waals surface area (Å²) < 4.78 is 5.45. The Hall–Kier alpha value is -1.29. The molecule has 0 bridgehead atoms. The van der Waals surface area contributed by atoms with Gasteiger partial charge in [-0.2, -0.15) is 0 Å². The molecule has 0 aliphatic heterocycles. The molecular weight excluding hydrogens is 202 g/mol. The van der Waals surface area contributed by atoms with E-state index in [0.29, 0.717) is 11.9 Å². The monoisotopic (exact) mass is 223 g/mol. The Morgan fingerprint density at radius 3 is 2.81 bits per heavy atom. The first-order valence-corrected chi connectivity index (χ1v) is 5.75. The van der Waals surface area contributed by atoms with Crippen LogP contribution in [0.15, 0.2) is 18.3 Å². The molecule has 0 saturated carbocycles. The number of hydrogen-bond acceptors (Lipinski definition) is 4. The molecule has 4 nitrogen and oxygen atoms in total. The van der Waals surface area contributed by atoms with E-state index in [2.05, 4.69) is 24.1 Å². The molecule has 1 aromatic rings. The molecule has 0 unspecified atom stereocenters. The van der Waals surface area contributed by atoms with Gasteiger partial charge in [0.15, 0.2) is 0 Å². The van der Waals surface area contributed by atoms with E-state index < -0.39 is 0 Å². The van der Waals surface area contributed by atoms with Crippen LogP contribution in [-0.2, 0) is 4.74 Å². The Balaban J connectivity index is 2.05. The van der Waals surface area contributed by atoms with Crippen molar-refractivity contribution in [1.29, 1.82) is 0 Å². The van der Waals surface area contributed by atoms with Crippen LogP contribution in [0.3, 0.4) is 0 Å². The van der Waals surface area contributed by atoms with Gasteiger partial charge in [-0.05, 0) is 38.8 Å². The number of aromatic nitrogens is 1. The van der Waals surface area contributed by atoms with E-state index in [1.165, 1.54) is 0 Å². The fourth-order valence-corrected chi connectivity index (χ4v) is 1.29. The van der Waals surface area contributed by atoms with E-state index in [1.54, 1.807) is 12.3 Å². The Bertz CT molecular complexity index is 285. The van der Waals surface area contributed by atoms with Crippen molar-refractivity contribution in [2.75, 3.05) is 24.2 Å². The zero-order valence-electron chi connectivity index (χ0n) is 10.1. The topological polar surface area (TPSA) is 60.2 Å². The molecule has 16 heavy (non-hydrogen) atoms. The van der Waals surface area contributed by atoms with E-state index in [-0.39, 0.29) is 0 Å². The third-order valence-corrected chi connectivity index (χ3v) is 2.14. The summed E-state index contributed by atoms with van der Waals surface area (Å²) in [6.45, 7) is 5.88. The lowest BCUT2D eigenvalue weighted by molar-refractivity contribution is 0.0765. The van der Waals surface area contributed by atoms with Gasteiger partial charge in [-0.3, -0.25) is 0 Å². The number of ether oxygens (including phenoxy) is 1. The van der Waals surface area contributed by atoms with Crippen molar-refractivity contribution in [3.05, 3.63) is 18.3 Å². The lowest BCUT2D eigenvalue weighted by atomic mass is 10.3. The first-order chi connectivity index (χ1) is 7.68. The molecule has 3 N–H and O–H groups in total. The molecule has 1 rings (SSSR count). The maximum Gasteiger partial charge on any atom is 0.123 e. The van der Waals surface area contributed by atoms with Gasteiger partial charge < -0.3 is 15.8 Å². The van der Waals surface area contributed by atoms with Crippen molar-refractivity contribution in [2.45, 2.75) is 32.8 Å². The molecule has 0 aliphatic rings. The summed E-state index contributed by atoms with van der Waals surface area (Å²) in [4.78, 5) is 4.01. The van der Waals surface area contributed by atoms with Crippen molar-refractivity contribution in [2.24, 2.45) is 0 Å². The van der Waals surface area contributed by atoms with Crippen molar-refractivity contribution < 1.29 is 4.74 Å². The smallest absolute Gasteiger partial charge is 0.123 e. The highest BCUT2D eigenvalue weighted by atomic mass is 16.5. The predicted molar refractivity (Wildman–Crippen MR) is 67.5 cm³/mol. The van der Waals surface area contributed by atoms with Gasteiger partial charge >= 0.3 is 0 Å². The average molecular weight is 223 g/mol. The Morgan fingerprint density at radius 2 is 2.19 bits per heavy atom. The van der Waals surface area contributed by atoms with Gasteiger partial charge in [0.05, 0.1) is 18.0 Å². The van der Waals surface area contributed by atoms with Crippen LogP contribution >= 0.6 is 0 Å². The summed E-state index contributed by atoms with van der Waals surface area (Å²) >= 11 is 0. The molecule has 1 aromatic heterocycles. The molecule has 90 valence electrons. The van der Waals surface area contributed by atoms with Crippen LogP contribution in [0, 0.1) is 0 Å². The maximum atomic E-state index is 5.49. The third kappa shape index (κ3) is 5.56. The summed E-state index contributed by atoms with van der Waals surface area (Å²) in [5, 5.41) is 3.29. The molecule has 0 amide bonds. The van der Waals surface area contributed by atoms with Crippen LogP contribution < -0.4 is 11.1 Å². The zero-order valence-corrected chi connectivity index (χ0v) is 10.1. The third-order valence-electron chi connectivity index (χ3n) is 2.14. The Morgan fingerprint density at radius 1 is 1.38 bits per heavy atom. The van der Waals surface area contributed by atoms with Gasteiger partial charge in [-0.15, -0.1) is 0 Å². The van der Waals surface area contributed by atoms with Gasteiger partial charge in [0.2, 0.25) is 0 Å². The Labute approximate surface area is 97.2 Å². The second-order valence-corrected chi connectivity index (χ2v) is 4.03. The number of nitrogen functional groups attached to an aromatic ring is 1. The van der Waals surface area contributed by atoms with Crippen molar-refractivity contribution >= 4 is 11.5 Å². The van der Waals surface area contributed by atoms with E-state index in [0.717, 1.165) is 31.7 Å². The maximum absolute atomic E-state index is 5.49. The quantitative estimate of drug-likeness (QED) is 0.696. The second kappa shape index (κ2) is 7.06. The fraction of sp³-hybridized carbons (Fsp3) is 0.583. The average Bonchev–Trinajstić information content (AvgIpc) is 2.25. The number of nitrogens with two attached hydrogens (primary N) is 1. The normalized spacial score (nSPS) is 10.7. The minimum atomic E-state index is 0.328. The van der Waals surface area contributed by atoms with Gasteiger partial charge in [-0.1, -0.05) is 0 Å². The summed E-state index contributed by atoms with van der Waals surface area (Å²) in [5.74, 6) is 0.552. The minimum absolute atomic E-state index is 0.328. The van der Waals surface area contributed by atoms with Crippen molar-refractivity contribution in [3.63, 3.8) is 0 Å². The van der Waals surface area contributed by atoms with Crippen LogP contribution in [0.4, 0.5) is 11.5 Å². The molecule has 0 radical (unpaired) electrons. The molecule has 0 fully saturated rings. The first kappa shape index (κ1) is 12.8. The lowest BCUT2D eigenvalue weighted by Crippen LogP contribution is -2.07. The number of hydrogen-bond donors (Lipinski definition) is 2. The Kier molecular flexibility index (Phi) is 5.64. The summed E-state index contributed by atoms with van der Waals surface area (Å²) in [7, 11) is 0. The summed E-state index contributed by atoms with van der Waals surface area (Å²) in [6.07, 6.45) is 4.25. The zero-order chi connectivity index (χ0) is 11.8. The van der Waals surface area contributed by atoms with E-state index in [4.69, 9.17) is 10.5 Å². The van der Waals surface area contributed by atoms with Crippen molar-refractivity contribution in [1.82, 2.24) is 4.98 Å². The van der Waals surface area contributed by atoms with Crippen LogP contribution in [0.25, 0.3) is 0 Å². The van der Waals surface area contributed by atoms with Gasteiger partial charge in [0, 0.05) is 13.2 Å².